The van der Waals surface area contributed by atoms with Gasteiger partial charge in [0.05, 0.1) is 0 Å². The smallest absolute Gasteiger partial charge is 0.00698 e. The molecule has 2 atom stereocenters. The van der Waals surface area contributed by atoms with Crippen molar-refractivity contribution < 1.29 is 0 Å². The topological polar surface area (TPSA) is 12.0 Å². The van der Waals surface area contributed by atoms with Crippen molar-refractivity contribution in [3.63, 3.8) is 0 Å². The summed E-state index contributed by atoms with van der Waals surface area (Å²) in [6.07, 6.45) is 17.5. The molecule has 2 unspecified atom stereocenters. The van der Waals surface area contributed by atoms with Crippen molar-refractivity contribution in [1.82, 2.24) is 5.32 Å². The van der Waals surface area contributed by atoms with E-state index in [2.05, 4.69) is 12.2 Å². The SMILES string of the molecule is CCCCCCCCNC1CCCC(C2CC2)C1. The van der Waals surface area contributed by atoms with Gasteiger partial charge in [-0.2, -0.15) is 0 Å². The third-order valence-electron chi connectivity index (χ3n) is 4.97. The van der Waals surface area contributed by atoms with Crippen LogP contribution >= 0.6 is 0 Å². The maximum absolute atomic E-state index is 3.83. The van der Waals surface area contributed by atoms with Crippen LogP contribution in [0.3, 0.4) is 0 Å². The first-order valence-corrected chi connectivity index (χ1v) is 8.63. The summed E-state index contributed by atoms with van der Waals surface area (Å²) in [5, 5.41) is 3.83. The predicted octanol–water partition coefficient (Wildman–Crippen LogP) is 4.91. The molecule has 0 bridgehead atoms. The third kappa shape index (κ3) is 5.30. The quantitative estimate of drug-likeness (QED) is 0.574. The molecule has 0 aliphatic heterocycles. The summed E-state index contributed by atoms with van der Waals surface area (Å²) in [6, 6.07) is 0.861. The highest BCUT2D eigenvalue weighted by molar-refractivity contribution is 4.87. The van der Waals surface area contributed by atoms with E-state index >= 15 is 0 Å². The molecule has 0 aromatic carbocycles. The Hall–Kier alpha value is -0.0400. The molecular formula is C17H33N. The highest BCUT2D eigenvalue weighted by Crippen LogP contribution is 2.43. The number of unbranched alkanes of at least 4 members (excludes halogenated alkanes) is 5. The zero-order valence-corrected chi connectivity index (χ0v) is 12.4. The van der Waals surface area contributed by atoms with Gasteiger partial charge in [-0.15, -0.1) is 0 Å². The molecule has 1 nitrogen and oxygen atoms in total. The van der Waals surface area contributed by atoms with Crippen molar-refractivity contribution in [3.05, 3.63) is 0 Å². The highest BCUT2D eigenvalue weighted by Gasteiger charge is 2.34. The van der Waals surface area contributed by atoms with Crippen molar-refractivity contribution in [3.8, 4) is 0 Å². The Bertz CT molecular complexity index is 210. The molecule has 18 heavy (non-hydrogen) atoms. The fourth-order valence-corrected chi connectivity index (χ4v) is 3.62. The van der Waals surface area contributed by atoms with Crippen LogP contribution in [-0.4, -0.2) is 12.6 Å². The molecule has 0 aromatic rings. The van der Waals surface area contributed by atoms with Gasteiger partial charge in [-0.1, -0.05) is 51.9 Å². The zero-order valence-electron chi connectivity index (χ0n) is 12.4. The van der Waals surface area contributed by atoms with E-state index in [1.165, 1.54) is 83.6 Å². The van der Waals surface area contributed by atoms with Gasteiger partial charge in [0.25, 0.3) is 0 Å². The van der Waals surface area contributed by atoms with E-state index in [0.29, 0.717) is 0 Å². The van der Waals surface area contributed by atoms with Crippen LogP contribution in [0.1, 0.15) is 84.0 Å². The fourth-order valence-electron chi connectivity index (χ4n) is 3.62. The van der Waals surface area contributed by atoms with Gasteiger partial charge in [-0.05, 0) is 50.5 Å². The number of nitrogens with one attached hydrogen (secondary N) is 1. The largest absolute Gasteiger partial charge is 0.314 e. The second-order valence-corrected chi connectivity index (χ2v) is 6.68. The minimum atomic E-state index is 0.861. The Morgan fingerprint density at radius 3 is 2.39 bits per heavy atom. The Labute approximate surface area is 114 Å². The lowest BCUT2D eigenvalue weighted by molar-refractivity contribution is 0.260. The van der Waals surface area contributed by atoms with E-state index in [-0.39, 0.29) is 0 Å². The van der Waals surface area contributed by atoms with Crippen LogP contribution in [-0.2, 0) is 0 Å². The van der Waals surface area contributed by atoms with Crippen LogP contribution < -0.4 is 5.32 Å². The van der Waals surface area contributed by atoms with Crippen molar-refractivity contribution in [2.24, 2.45) is 11.8 Å². The van der Waals surface area contributed by atoms with E-state index in [1.54, 1.807) is 0 Å². The second kappa shape index (κ2) is 8.19. The van der Waals surface area contributed by atoms with Gasteiger partial charge in [-0.25, -0.2) is 0 Å². The summed E-state index contributed by atoms with van der Waals surface area (Å²) in [4.78, 5) is 0. The molecule has 2 aliphatic rings. The summed E-state index contributed by atoms with van der Waals surface area (Å²) < 4.78 is 0. The molecule has 106 valence electrons. The molecule has 0 heterocycles. The average Bonchev–Trinajstić information content (AvgIpc) is 3.22. The number of hydrogen-bond donors (Lipinski definition) is 1. The van der Waals surface area contributed by atoms with E-state index in [1.807, 2.05) is 0 Å². The van der Waals surface area contributed by atoms with Gasteiger partial charge in [0.15, 0.2) is 0 Å². The Morgan fingerprint density at radius 1 is 0.833 bits per heavy atom. The average molecular weight is 251 g/mol. The minimum absolute atomic E-state index is 0.861. The van der Waals surface area contributed by atoms with Gasteiger partial charge >= 0.3 is 0 Å². The van der Waals surface area contributed by atoms with Crippen LogP contribution in [0, 0.1) is 11.8 Å². The van der Waals surface area contributed by atoms with Crippen LogP contribution in [0.2, 0.25) is 0 Å². The highest BCUT2D eigenvalue weighted by atomic mass is 14.9. The summed E-state index contributed by atoms with van der Waals surface area (Å²) >= 11 is 0. The lowest BCUT2D eigenvalue weighted by Crippen LogP contribution is -2.35. The second-order valence-electron chi connectivity index (χ2n) is 6.68. The molecule has 0 amide bonds. The van der Waals surface area contributed by atoms with E-state index < -0.39 is 0 Å². The van der Waals surface area contributed by atoms with E-state index in [0.717, 1.165) is 17.9 Å². The van der Waals surface area contributed by atoms with Gasteiger partial charge < -0.3 is 5.32 Å². The number of hydrogen-bond acceptors (Lipinski definition) is 1. The van der Waals surface area contributed by atoms with Crippen LogP contribution in [0.25, 0.3) is 0 Å². The van der Waals surface area contributed by atoms with Gasteiger partial charge in [0, 0.05) is 6.04 Å². The Morgan fingerprint density at radius 2 is 1.61 bits per heavy atom. The van der Waals surface area contributed by atoms with Crippen molar-refractivity contribution in [1.29, 1.82) is 0 Å². The molecule has 2 fully saturated rings. The van der Waals surface area contributed by atoms with Crippen molar-refractivity contribution in [2.45, 2.75) is 90.0 Å². The summed E-state index contributed by atoms with van der Waals surface area (Å²) in [5.74, 6) is 2.21. The first kappa shape index (κ1) is 14.4. The Kier molecular flexibility index (Phi) is 6.54. The lowest BCUT2D eigenvalue weighted by atomic mass is 9.82. The molecule has 0 radical (unpaired) electrons. The summed E-state index contributed by atoms with van der Waals surface area (Å²) in [7, 11) is 0. The van der Waals surface area contributed by atoms with Gasteiger partial charge in [-0.3, -0.25) is 0 Å². The van der Waals surface area contributed by atoms with E-state index in [4.69, 9.17) is 0 Å². The van der Waals surface area contributed by atoms with Crippen LogP contribution in [0.4, 0.5) is 0 Å². The predicted molar refractivity (Wildman–Crippen MR) is 79.8 cm³/mol. The Balaban J connectivity index is 1.45. The van der Waals surface area contributed by atoms with Crippen molar-refractivity contribution in [2.75, 3.05) is 6.54 Å². The number of rotatable bonds is 9. The normalized spacial score (nSPS) is 28.5. The molecule has 0 aromatic heterocycles. The molecular weight excluding hydrogens is 218 g/mol. The molecule has 1 heteroatoms. The zero-order chi connectivity index (χ0) is 12.6. The maximum atomic E-state index is 3.83. The maximum Gasteiger partial charge on any atom is 0.00698 e. The lowest BCUT2D eigenvalue weighted by Gasteiger charge is -2.30. The first-order valence-electron chi connectivity index (χ1n) is 8.63. The molecule has 2 aliphatic carbocycles. The molecule has 2 rings (SSSR count). The summed E-state index contributed by atoms with van der Waals surface area (Å²) in [6.45, 7) is 3.56. The van der Waals surface area contributed by atoms with Gasteiger partial charge in [0.2, 0.25) is 0 Å². The minimum Gasteiger partial charge on any atom is -0.314 e. The van der Waals surface area contributed by atoms with E-state index in [9.17, 15) is 0 Å². The van der Waals surface area contributed by atoms with Gasteiger partial charge in [0.1, 0.15) is 0 Å². The third-order valence-corrected chi connectivity index (χ3v) is 4.97. The van der Waals surface area contributed by atoms with Crippen LogP contribution in [0.15, 0.2) is 0 Å². The first-order chi connectivity index (χ1) is 8.90. The fraction of sp³-hybridized carbons (Fsp3) is 1.00. The molecule has 1 N–H and O–H groups in total. The standard InChI is InChI=1S/C17H33N/c1-2-3-4-5-6-7-13-18-17-10-8-9-16(14-17)15-11-12-15/h15-18H,2-14H2,1H3. The monoisotopic (exact) mass is 251 g/mol. The van der Waals surface area contributed by atoms with Crippen molar-refractivity contribution >= 4 is 0 Å². The molecule has 2 saturated carbocycles. The summed E-state index contributed by atoms with van der Waals surface area (Å²) in [5.41, 5.74) is 0. The molecule has 0 spiro atoms. The van der Waals surface area contributed by atoms with Crippen LogP contribution in [0.5, 0.6) is 0 Å². The molecule has 0 saturated heterocycles.